The highest BCUT2D eigenvalue weighted by Crippen LogP contribution is 2.35. The Morgan fingerprint density at radius 1 is 0.484 bits per heavy atom. The van der Waals surface area contributed by atoms with Gasteiger partial charge in [0, 0.05) is 0 Å². The molecule has 0 spiro atoms. The molecule has 1 nitrogen and oxygen atoms in total. The van der Waals surface area contributed by atoms with Gasteiger partial charge in [-0.3, -0.25) is 0 Å². The minimum Gasteiger partial charge on any atom is -0.375 e. The Morgan fingerprint density at radius 3 is 1.19 bits per heavy atom. The van der Waals surface area contributed by atoms with E-state index in [2.05, 4.69) is 13.8 Å². The van der Waals surface area contributed by atoms with Crippen LogP contribution < -0.4 is 0 Å². The topological polar surface area (TPSA) is 9.23 Å². The Morgan fingerprint density at radius 2 is 0.839 bits per heavy atom. The van der Waals surface area contributed by atoms with E-state index in [0.29, 0.717) is 12.2 Å². The maximum Gasteiger partial charge on any atom is 0.0578 e. The summed E-state index contributed by atoms with van der Waals surface area (Å²) >= 11 is 0. The predicted molar refractivity (Wildman–Crippen MR) is 138 cm³/mol. The summed E-state index contributed by atoms with van der Waals surface area (Å²) in [7, 11) is 0. The molecule has 0 amide bonds. The predicted octanol–water partition coefficient (Wildman–Crippen LogP) is 10.4. The summed E-state index contributed by atoms with van der Waals surface area (Å²) in [5.74, 6) is 2.19. The molecule has 2 aliphatic rings. The van der Waals surface area contributed by atoms with Crippen LogP contribution in [0.3, 0.4) is 0 Å². The van der Waals surface area contributed by atoms with Gasteiger partial charge in [-0.25, -0.2) is 0 Å². The fraction of sp³-hybridized carbons (Fsp3) is 1.00. The van der Waals surface area contributed by atoms with Gasteiger partial charge in [0.05, 0.1) is 12.2 Å². The molecule has 1 heteroatoms. The average molecular weight is 435 g/mol. The van der Waals surface area contributed by atoms with E-state index in [9.17, 15) is 0 Å². The zero-order valence-electron chi connectivity index (χ0n) is 21.7. The van der Waals surface area contributed by atoms with Crippen LogP contribution >= 0.6 is 0 Å². The number of hydrogen-bond acceptors (Lipinski definition) is 1. The normalized spacial score (nSPS) is 18.4. The maximum atomic E-state index is 6.91. The van der Waals surface area contributed by atoms with Crippen molar-refractivity contribution in [1.29, 1.82) is 0 Å². The monoisotopic (exact) mass is 434 g/mol. The first-order valence-corrected chi connectivity index (χ1v) is 15.0. The van der Waals surface area contributed by atoms with E-state index in [0.717, 1.165) is 11.8 Å². The third-order valence-electron chi connectivity index (χ3n) is 7.81. The molecule has 0 radical (unpaired) electrons. The molecule has 0 bridgehead atoms. The van der Waals surface area contributed by atoms with E-state index in [1.165, 1.54) is 154 Å². The molecule has 31 heavy (non-hydrogen) atoms. The molecule has 2 atom stereocenters. The first-order chi connectivity index (χ1) is 15.3. The summed E-state index contributed by atoms with van der Waals surface area (Å²) < 4.78 is 6.91. The Hall–Kier alpha value is -0.0400. The summed E-state index contributed by atoms with van der Waals surface area (Å²) in [5.41, 5.74) is 0. The highest BCUT2D eigenvalue weighted by molar-refractivity contribution is 4.74. The molecule has 184 valence electrons. The third-order valence-corrected chi connectivity index (χ3v) is 7.81. The summed E-state index contributed by atoms with van der Waals surface area (Å²) in [6, 6.07) is 0. The van der Waals surface area contributed by atoms with Crippen molar-refractivity contribution >= 4 is 0 Å². The summed E-state index contributed by atoms with van der Waals surface area (Å²) in [5, 5.41) is 0. The molecule has 0 N–H and O–H groups in total. The smallest absolute Gasteiger partial charge is 0.0578 e. The number of unbranched alkanes of at least 4 members (excludes halogenated alkanes) is 10. The minimum atomic E-state index is 0.546. The standard InChI is InChI=1S/C30H58O/c1-3-5-7-9-11-19-29(21-15-13-17-27-23-24-27)31-30(20-12-10-8-6-4-2)22-16-14-18-28-25-26-28/h27-30H,3-26H2,1-2H3. The third kappa shape index (κ3) is 16.3. The lowest BCUT2D eigenvalue weighted by atomic mass is 10.00. The van der Waals surface area contributed by atoms with E-state index < -0.39 is 0 Å². The van der Waals surface area contributed by atoms with Crippen LogP contribution in [0, 0.1) is 11.8 Å². The van der Waals surface area contributed by atoms with Gasteiger partial charge in [0.1, 0.15) is 0 Å². The Bertz CT molecular complexity index is 348. The largest absolute Gasteiger partial charge is 0.375 e. The first kappa shape index (κ1) is 27.2. The highest BCUT2D eigenvalue weighted by Gasteiger charge is 2.22. The molecule has 2 fully saturated rings. The second-order valence-corrected chi connectivity index (χ2v) is 11.2. The van der Waals surface area contributed by atoms with Crippen LogP contribution in [0.25, 0.3) is 0 Å². The lowest BCUT2D eigenvalue weighted by Crippen LogP contribution is -2.23. The van der Waals surface area contributed by atoms with E-state index >= 15 is 0 Å². The van der Waals surface area contributed by atoms with Crippen molar-refractivity contribution in [1.82, 2.24) is 0 Å². The Kier molecular flexibility index (Phi) is 16.1. The van der Waals surface area contributed by atoms with Crippen LogP contribution in [-0.4, -0.2) is 12.2 Å². The van der Waals surface area contributed by atoms with Gasteiger partial charge in [0.2, 0.25) is 0 Å². The number of rotatable bonds is 24. The van der Waals surface area contributed by atoms with Crippen LogP contribution in [0.2, 0.25) is 0 Å². The Labute approximate surface area is 196 Å². The molecular weight excluding hydrogens is 376 g/mol. The van der Waals surface area contributed by atoms with E-state index in [-0.39, 0.29) is 0 Å². The van der Waals surface area contributed by atoms with Crippen LogP contribution in [0.5, 0.6) is 0 Å². The van der Waals surface area contributed by atoms with Gasteiger partial charge in [0.25, 0.3) is 0 Å². The molecular formula is C30H58O. The summed E-state index contributed by atoms with van der Waals surface area (Å²) in [6.45, 7) is 4.64. The molecule has 0 heterocycles. The van der Waals surface area contributed by atoms with Crippen LogP contribution in [0.1, 0.15) is 168 Å². The SMILES string of the molecule is CCCCCCCC(CCCCC1CC1)OC(CCCCCCC)CCCCC1CC1. The number of hydrogen-bond donors (Lipinski definition) is 0. The highest BCUT2D eigenvalue weighted by atomic mass is 16.5. The van der Waals surface area contributed by atoms with Crippen molar-refractivity contribution in [2.75, 3.05) is 0 Å². The van der Waals surface area contributed by atoms with Crippen molar-refractivity contribution in [2.45, 2.75) is 180 Å². The molecule has 0 aromatic carbocycles. The Balaban J connectivity index is 1.71. The van der Waals surface area contributed by atoms with Crippen molar-refractivity contribution in [3.63, 3.8) is 0 Å². The minimum absolute atomic E-state index is 0.546. The van der Waals surface area contributed by atoms with Gasteiger partial charge in [0.15, 0.2) is 0 Å². The molecule has 0 saturated heterocycles. The van der Waals surface area contributed by atoms with Gasteiger partial charge < -0.3 is 4.74 Å². The fourth-order valence-electron chi connectivity index (χ4n) is 5.21. The van der Waals surface area contributed by atoms with Gasteiger partial charge in [-0.2, -0.15) is 0 Å². The molecule has 0 aromatic heterocycles. The first-order valence-electron chi connectivity index (χ1n) is 15.0. The molecule has 2 aliphatic carbocycles. The van der Waals surface area contributed by atoms with Crippen LogP contribution in [0.15, 0.2) is 0 Å². The van der Waals surface area contributed by atoms with Crippen molar-refractivity contribution < 1.29 is 4.74 Å². The van der Waals surface area contributed by atoms with E-state index in [1.54, 1.807) is 0 Å². The fourth-order valence-corrected chi connectivity index (χ4v) is 5.21. The van der Waals surface area contributed by atoms with Crippen molar-refractivity contribution in [3.8, 4) is 0 Å². The van der Waals surface area contributed by atoms with E-state index in [4.69, 9.17) is 4.74 Å². The lowest BCUT2D eigenvalue weighted by Gasteiger charge is -2.26. The van der Waals surface area contributed by atoms with Gasteiger partial charge >= 0.3 is 0 Å². The van der Waals surface area contributed by atoms with Crippen LogP contribution in [0.4, 0.5) is 0 Å². The average Bonchev–Trinajstić information content (AvgIpc) is 3.68. The molecule has 2 rings (SSSR count). The van der Waals surface area contributed by atoms with Gasteiger partial charge in [-0.05, 0) is 37.5 Å². The van der Waals surface area contributed by atoms with E-state index in [1.807, 2.05) is 0 Å². The molecule has 0 aromatic rings. The molecule has 0 aliphatic heterocycles. The zero-order chi connectivity index (χ0) is 22.0. The molecule has 2 unspecified atom stereocenters. The maximum absolute atomic E-state index is 6.91. The number of ether oxygens (including phenoxy) is 1. The second-order valence-electron chi connectivity index (χ2n) is 11.2. The van der Waals surface area contributed by atoms with Gasteiger partial charge in [-0.15, -0.1) is 0 Å². The second kappa shape index (κ2) is 18.4. The quantitative estimate of drug-likeness (QED) is 0.137. The zero-order valence-corrected chi connectivity index (χ0v) is 21.7. The summed E-state index contributed by atoms with van der Waals surface area (Å²) in [4.78, 5) is 0. The summed E-state index contributed by atoms with van der Waals surface area (Å²) in [6.07, 6.45) is 35.1. The molecule has 2 saturated carbocycles. The van der Waals surface area contributed by atoms with Crippen molar-refractivity contribution in [2.24, 2.45) is 11.8 Å². The van der Waals surface area contributed by atoms with Crippen molar-refractivity contribution in [3.05, 3.63) is 0 Å². The lowest BCUT2D eigenvalue weighted by molar-refractivity contribution is -0.0325. The van der Waals surface area contributed by atoms with Gasteiger partial charge in [-0.1, -0.05) is 142 Å². The van der Waals surface area contributed by atoms with Crippen LogP contribution in [-0.2, 0) is 4.74 Å².